The summed E-state index contributed by atoms with van der Waals surface area (Å²) >= 11 is 0. The van der Waals surface area contributed by atoms with Crippen LogP contribution in [-0.4, -0.2) is 11.1 Å². The fraction of sp³-hybridized carbons (Fsp3) is 0.917. The van der Waals surface area contributed by atoms with Crippen molar-refractivity contribution in [3.63, 3.8) is 0 Å². The Morgan fingerprint density at radius 2 is 1.86 bits per heavy atom. The van der Waals surface area contributed by atoms with Crippen LogP contribution in [0.2, 0.25) is 0 Å². The van der Waals surface area contributed by atoms with Gasteiger partial charge in [-0.2, -0.15) is 0 Å². The molecule has 1 aliphatic carbocycles. The van der Waals surface area contributed by atoms with Gasteiger partial charge in [-0.1, -0.05) is 45.4 Å². The van der Waals surface area contributed by atoms with Gasteiger partial charge >= 0.3 is 5.97 Å². The first-order chi connectivity index (χ1) is 6.75. The average Bonchev–Trinajstić information content (AvgIpc) is 2.90. The Labute approximate surface area is 86.7 Å². The van der Waals surface area contributed by atoms with Crippen LogP contribution in [0.5, 0.6) is 0 Å². The minimum atomic E-state index is -0.582. The summed E-state index contributed by atoms with van der Waals surface area (Å²) in [6, 6.07) is 0. The van der Waals surface area contributed by atoms with Crippen molar-refractivity contribution in [3.8, 4) is 0 Å². The summed E-state index contributed by atoms with van der Waals surface area (Å²) in [6.07, 6.45) is 9.93. The zero-order chi connectivity index (χ0) is 10.4. The molecular formula is C12H22O2. The van der Waals surface area contributed by atoms with Gasteiger partial charge in [-0.3, -0.25) is 4.79 Å². The molecule has 0 amide bonds. The number of unbranched alkanes of at least 4 members (excludes halogenated alkanes) is 5. The van der Waals surface area contributed by atoms with E-state index in [0.717, 1.165) is 12.8 Å². The predicted octanol–water partition coefficient (Wildman–Crippen LogP) is 3.46. The summed E-state index contributed by atoms with van der Waals surface area (Å²) in [5.41, 5.74) is 0. The molecule has 0 saturated heterocycles. The third-order valence-corrected chi connectivity index (χ3v) is 3.17. The average molecular weight is 198 g/mol. The molecule has 2 nitrogen and oxygen atoms in total. The lowest BCUT2D eigenvalue weighted by molar-refractivity contribution is -0.138. The minimum Gasteiger partial charge on any atom is -0.481 e. The molecule has 0 aromatic carbocycles. The van der Waals surface area contributed by atoms with E-state index in [-0.39, 0.29) is 5.92 Å². The van der Waals surface area contributed by atoms with Gasteiger partial charge in [-0.15, -0.1) is 0 Å². The normalized spacial score (nSPS) is 24.9. The second kappa shape index (κ2) is 6.05. The first-order valence-electron chi connectivity index (χ1n) is 5.98. The van der Waals surface area contributed by atoms with Crippen molar-refractivity contribution in [1.82, 2.24) is 0 Å². The molecule has 0 radical (unpaired) electrons. The molecule has 14 heavy (non-hydrogen) atoms. The summed E-state index contributed by atoms with van der Waals surface area (Å²) in [6.45, 7) is 2.22. The third-order valence-electron chi connectivity index (χ3n) is 3.17. The van der Waals surface area contributed by atoms with Crippen molar-refractivity contribution in [2.45, 2.75) is 58.3 Å². The standard InChI is InChI=1S/C12H22O2/c1-2-3-4-5-6-7-8-10-9-11(10)12(13)14/h10-11H,2-9H2,1H3,(H,13,14)/t10-,11-/m0/s1. The zero-order valence-corrected chi connectivity index (χ0v) is 9.17. The molecule has 1 fully saturated rings. The summed E-state index contributed by atoms with van der Waals surface area (Å²) < 4.78 is 0. The summed E-state index contributed by atoms with van der Waals surface area (Å²) in [4.78, 5) is 10.5. The maximum atomic E-state index is 10.5. The molecule has 0 aromatic heterocycles. The molecule has 1 aliphatic rings. The van der Waals surface area contributed by atoms with E-state index in [4.69, 9.17) is 5.11 Å². The van der Waals surface area contributed by atoms with Crippen molar-refractivity contribution in [2.24, 2.45) is 11.8 Å². The van der Waals surface area contributed by atoms with Gasteiger partial charge in [0, 0.05) is 0 Å². The maximum absolute atomic E-state index is 10.5. The van der Waals surface area contributed by atoms with Crippen molar-refractivity contribution in [1.29, 1.82) is 0 Å². The quantitative estimate of drug-likeness (QED) is 0.606. The number of hydrogen-bond acceptors (Lipinski definition) is 1. The van der Waals surface area contributed by atoms with E-state index in [1.807, 2.05) is 0 Å². The third kappa shape index (κ3) is 4.12. The summed E-state index contributed by atoms with van der Waals surface area (Å²) in [7, 11) is 0. The van der Waals surface area contributed by atoms with Gasteiger partial charge in [0.2, 0.25) is 0 Å². The van der Waals surface area contributed by atoms with E-state index in [1.165, 1.54) is 38.5 Å². The number of carbonyl (C=O) groups is 1. The van der Waals surface area contributed by atoms with Crippen molar-refractivity contribution >= 4 is 5.97 Å². The Morgan fingerprint density at radius 3 is 2.43 bits per heavy atom. The van der Waals surface area contributed by atoms with Crippen molar-refractivity contribution in [3.05, 3.63) is 0 Å². The molecule has 1 saturated carbocycles. The molecular weight excluding hydrogens is 176 g/mol. The molecule has 2 heteroatoms. The Hall–Kier alpha value is -0.530. The van der Waals surface area contributed by atoms with Gasteiger partial charge < -0.3 is 5.11 Å². The molecule has 0 aromatic rings. The highest BCUT2D eigenvalue weighted by molar-refractivity contribution is 5.73. The first kappa shape index (κ1) is 11.5. The van der Waals surface area contributed by atoms with Crippen molar-refractivity contribution in [2.75, 3.05) is 0 Å². The second-order valence-corrected chi connectivity index (χ2v) is 4.50. The Kier molecular flexibility index (Phi) is 4.99. The van der Waals surface area contributed by atoms with E-state index in [0.29, 0.717) is 5.92 Å². The van der Waals surface area contributed by atoms with E-state index in [9.17, 15) is 4.79 Å². The fourth-order valence-electron chi connectivity index (χ4n) is 2.06. The molecule has 0 bridgehead atoms. The van der Waals surface area contributed by atoms with Crippen LogP contribution >= 0.6 is 0 Å². The predicted molar refractivity (Wildman–Crippen MR) is 57.2 cm³/mol. The Morgan fingerprint density at radius 1 is 1.21 bits per heavy atom. The summed E-state index contributed by atoms with van der Waals surface area (Å²) in [5.74, 6) is -0.0645. The molecule has 0 unspecified atom stereocenters. The minimum absolute atomic E-state index is 0.00522. The van der Waals surface area contributed by atoms with Gasteiger partial charge in [-0.25, -0.2) is 0 Å². The van der Waals surface area contributed by atoms with Crippen LogP contribution in [-0.2, 0) is 4.79 Å². The lowest BCUT2D eigenvalue weighted by atomic mass is 10.1. The molecule has 1 rings (SSSR count). The van der Waals surface area contributed by atoms with Crippen LogP contribution in [0.15, 0.2) is 0 Å². The van der Waals surface area contributed by atoms with Crippen LogP contribution in [0.1, 0.15) is 58.3 Å². The largest absolute Gasteiger partial charge is 0.481 e. The molecule has 0 aliphatic heterocycles. The zero-order valence-electron chi connectivity index (χ0n) is 9.17. The highest BCUT2D eigenvalue weighted by Crippen LogP contribution is 2.42. The Balaban J connectivity index is 1.84. The topological polar surface area (TPSA) is 37.3 Å². The number of rotatable bonds is 8. The smallest absolute Gasteiger partial charge is 0.306 e. The number of hydrogen-bond donors (Lipinski definition) is 1. The fourth-order valence-corrected chi connectivity index (χ4v) is 2.06. The van der Waals surface area contributed by atoms with Gasteiger partial charge in [-0.05, 0) is 18.8 Å². The molecule has 82 valence electrons. The van der Waals surface area contributed by atoms with E-state index < -0.39 is 5.97 Å². The number of carboxylic acids is 1. The molecule has 0 heterocycles. The van der Waals surface area contributed by atoms with E-state index in [2.05, 4.69) is 6.92 Å². The van der Waals surface area contributed by atoms with Crippen LogP contribution in [0.4, 0.5) is 0 Å². The maximum Gasteiger partial charge on any atom is 0.306 e. The number of aliphatic carboxylic acids is 1. The highest BCUT2D eigenvalue weighted by atomic mass is 16.4. The second-order valence-electron chi connectivity index (χ2n) is 4.50. The van der Waals surface area contributed by atoms with Crippen LogP contribution in [0.3, 0.4) is 0 Å². The van der Waals surface area contributed by atoms with Gasteiger partial charge in [0.1, 0.15) is 0 Å². The first-order valence-corrected chi connectivity index (χ1v) is 5.98. The molecule has 2 atom stereocenters. The van der Waals surface area contributed by atoms with Gasteiger partial charge in [0.25, 0.3) is 0 Å². The lowest BCUT2D eigenvalue weighted by Crippen LogP contribution is -1.99. The van der Waals surface area contributed by atoms with Crippen LogP contribution in [0.25, 0.3) is 0 Å². The SMILES string of the molecule is CCCCCCCC[C@H]1C[C@@H]1C(=O)O. The van der Waals surface area contributed by atoms with E-state index in [1.54, 1.807) is 0 Å². The van der Waals surface area contributed by atoms with Crippen LogP contribution < -0.4 is 0 Å². The molecule has 1 N–H and O–H groups in total. The molecule has 0 spiro atoms. The Bertz CT molecular complexity index is 177. The van der Waals surface area contributed by atoms with Gasteiger partial charge in [0.15, 0.2) is 0 Å². The highest BCUT2D eigenvalue weighted by Gasteiger charge is 2.42. The van der Waals surface area contributed by atoms with Crippen LogP contribution in [0, 0.1) is 11.8 Å². The lowest BCUT2D eigenvalue weighted by Gasteiger charge is -1.99. The van der Waals surface area contributed by atoms with Gasteiger partial charge in [0.05, 0.1) is 5.92 Å². The number of carboxylic acid groups (broad SMARTS) is 1. The summed E-state index contributed by atoms with van der Waals surface area (Å²) in [5, 5.41) is 8.70. The monoisotopic (exact) mass is 198 g/mol. The van der Waals surface area contributed by atoms with E-state index >= 15 is 0 Å². The van der Waals surface area contributed by atoms with Crippen molar-refractivity contribution < 1.29 is 9.90 Å².